The monoisotopic (exact) mass is 904 g/mol. The summed E-state index contributed by atoms with van der Waals surface area (Å²) >= 11 is 0. The highest BCUT2D eigenvalue weighted by atomic mass is 16.5. The van der Waals surface area contributed by atoms with Gasteiger partial charge in [-0.3, -0.25) is 9.59 Å². The largest absolute Gasteiger partial charge is 0.466 e. The summed E-state index contributed by atoms with van der Waals surface area (Å²) in [6.07, 6.45) is 63.7. The Balaban J connectivity index is 3.42. The van der Waals surface area contributed by atoms with Crippen LogP contribution in [0.1, 0.15) is 322 Å². The Hall–Kier alpha value is -1.40. The van der Waals surface area contributed by atoms with Gasteiger partial charge < -0.3 is 20.3 Å². The standard InChI is InChI=1S/C58H113NO5/c1-3-5-7-9-11-13-15-17-19-24-28-32-36-40-44-48-52-58(63)64-53-49-45-41-37-33-29-25-21-20-23-27-31-35-39-43-47-51-57(62)59-55(54-60)56(61)50-46-42-38-34-30-26-22-18-16-14-12-10-8-6-4-2/h46,50,55-56,60-61H,3-45,47-49,51-54H2,1-2H3,(H,59,62)/b50-46+. The van der Waals surface area contributed by atoms with Gasteiger partial charge in [0.15, 0.2) is 0 Å². The van der Waals surface area contributed by atoms with Crippen molar-refractivity contribution in [2.24, 2.45) is 0 Å². The summed E-state index contributed by atoms with van der Waals surface area (Å²) in [5.41, 5.74) is 0. The van der Waals surface area contributed by atoms with Gasteiger partial charge in [0, 0.05) is 12.8 Å². The van der Waals surface area contributed by atoms with E-state index in [1.807, 2.05) is 6.08 Å². The number of rotatable bonds is 54. The zero-order valence-electron chi connectivity index (χ0n) is 43.3. The normalized spacial score (nSPS) is 12.6. The predicted molar refractivity (Wildman–Crippen MR) is 278 cm³/mol. The van der Waals surface area contributed by atoms with Crippen molar-refractivity contribution >= 4 is 11.9 Å². The van der Waals surface area contributed by atoms with Gasteiger partial charge >= 0.3 is 5.97 Å². The number of hydrogen-bond donors (Lipinski definition) is 3. The maximum absolute atomic E-state index is 12.4. The summed E-state index contributed by atoms with van der Waals surface area (Å²) in [7, 11) is 0. The van der Waals surface area contributed by atoms with Crippen LogP contribution in [0.15, 0.2) is 12.2 Å². The van der Waals surface area contributed by atoms with Gasteiger partial charge in [-0.15, -0.1) is 0 Å². The van der Waals surface area contributed by atoms with Gasteiger partial charge in [-0.1, -0.05) is 289 Å². The topological polar surface area (TPSA) is 95.9 Å². The fraction of sp³-hybridized carbons (Fsp3) is 0.931. The fourth-order valence-electron chi connectivity index (χ4n) is 9.11. The highest BCUT2D eigenvalue weighted by Gasteiger charge is 2.18. The van der Waals surface area contributed by atoms with Crippen molar-refractivity contribution < 1.29 is 24.5 Å². The van der Waals surface area contributed by atoms with Crippen molar-refractivity contribution in [3.8, 4) is 0 Å². The molecule has 0 bridgehead atoms. The average molecular weight is 905 g/mol. The van der Waals surface area contributed by atoms with Gasteiger partial charge in [0.05, 0.1) is 25.4 Å². The van der Waals surface area contributed by atoms with Crippen molar-refractivity contribution in [2.75, 3.05) is 13.2 Å². The van der Waals surface area contributed by atoms with Crippen LogP contribution < -0.4 is 5.32 Å². The number of nitrogens with one attached hydrogen (secondary N) is 1. The SMILES string of the molecule is CCCCCCCCCCCCCCC/C=C/C(O)C(CO)NC(=O)CCCCCCCCCCCCCCCCCCOC(=O)CCCCCCCCCCCCCCCCCC. The van der Waals surface area contributed by atoms with E-state index in [4.69, 9.17) is 4.74 Å². The van der Waals surface area contributed by atoms with Crippen molar-refractivity contribution in [1.82, 2.24) is 5.32 Å². The molecule has 0 aliphatic rings. The van der Waals surface area contributed by atoms with E-state index in [9.17, 15) is 19.8 Å². The molecule has 0 heterocycles. The molecule has 6 heteroatoms. The Labute approximate surface area is 399 Å². The van der Waals surface area contributed by atoms with E-state index in [0.29, 0.717) is 19.4 Å². The maximum Gasteiger partial charge on any atom is 0.305 e. The summed E-state index contributed by atoms with van der Waals surface area (Å²) < 4.78 is 5.48. The number of esters is 1. The molecule has 3 N–H and O–H groups in total. The van der Waals surface area contributed by atoms with Crippen molar-refractivity contribution in [2.45, 2.75) is 334 Å². The van der Waals surface area contributed by atoms with E-state index < -0.39 is 12.1 Å². The number of ether oxygens (including phenoxy) is 1. The molecule has 0 fully saturated rings. The molecular weight excluding hydrogens is 791 g/mol. The quantitative estimate of drug-likeness (QED) is 0.0321. The van der Waals surface area contributed by atoms with Crippen LogP contribution in [0.3, 0.4) is 0 Å². The lowest BCUT2D eigenvalue weighted by molar-refractivity contribution is -0.143. The number of aliphatic hydroxyl groups excluding tert-OH is 2. The average Bonchev–Trinajstić information content (AvgIpc) is 3.29. The van der Waals surface area contributed by atoms with Crippen molar-refractivity contribution in [1.29, 1.82) is 0 Å². The number of aliphatic hydroxyl groups is 2. The maximum atomic E-state index is 12.4. The summed E-state index contributed by atoms with van der Waals surface area (Å²) in [4.78, 5) is 24.5. The van der Waals surface area contributed by atoms with Crippen molar-refractivity contribution in [3.05, 3.63) is 12.2 Å². The molecule has 0 aliphatic heterocycles. The van der Waals surface area contributed by atoms with Crippen LogP contribution in [-0.2, 0) is 14.3 Å². The van der Waals surface area contributed by atoms with Gasteiger partial charge in [-0.05, 0) is 32.1 Å². The third kappa shape index (κ3) is 50.0. The van der Waals surface area contributed by atoms with Gasteiger partial charge in [-0.2, -0.15) is 0 Å². The zero-order valence-corrected chi connectivity index (χ0v) is 43.3. The first kappa shape index (κ1) is 62.6. The van der Waals surface area contributed by atoms with Crippen LogP contribution in [-0.4, -0.2) is 47.4 Å². The Morgan fingerprint density at radius 1 is 0.422 bits per heavy atom. The molecule has 0 aromatic rings. The van der Waals surface area contributed by atoms with E-state index in [1.165, 1.54) is 250 Å². The third-order valence-electron chi connectivity index (χ3n) is 13.6. The first-order valence-electron chi connectivity index (χ1n) is 29.0. The second-order valence-corrected chi connectivity index (χ2v) is 20.0. The molecule has 0 aromatic heterocycles. The van der Waals surface area contributed by atoms with Gasteiger partial charge in [0.2, 0.25) is 5.91 Å². The summed E-state index contributed by atoms with van der Waals surface area (Å²) in [6, 6.07) is -0.632. The minimum atomic E-state index is -0.848. The van der Waals surface area contributed by atoms with Crippen LogP contribution in [0.25, 0.3) is 0 Å². The smallest absolute Gasteiger partial charge is 0.305 e. The van der Waals surface area contributed by atoms with Crippen LogP contribution >= 0.6 is 0 Å². The molecule has 2 unspecified atom stereocenters. The molecule has 64 heavy (non-hydrogen) atoms. The molecule has 1 amide bonds. The number of carbonyl (C=O) groups is 2. The lowest BCUT2D eigenvalue weighted by Gasteiger charge is -2.20. The molecule has 0 aliphatic carbocycles. The number of carbonyl (C=O) groups excluding carboxylic acids is 2. The van der Waals surface area contributed by atoms with Crippen LogP contribution in [0.5, 0.6) is 0 Å². The zero-order chi connectivity index (χ0) is 46.5. The van der Waals surface area contributed by atoms with E-state index >= 15 is 0 Å². The highest BCUT2D eigenvalue weighted by Crippen LogP contribution is 2.17. The summed E-state index contributed by atoms with van der Waals surface area (Å²) in [5.74, 6) is -0.0666. The number of amides is 1. The number of hydrogen-bond acceptors (Lipinski definition) is 5. The Morgan fingerprint density at radius 3 is 1.06 bits per heavy atom. The minimum absolute atomic E-state index is 0.00609. The molecule has 0 aromatic carbocycles. The van der Waals surface area contributed by atoms with E-state index in [0.717, 1.165) is 44.9 Å². The predicted octanol–water partition coefficient (Wildman–Crippen LogP) is 17.7. The van der Waals surface area contributed by atoms with E-state index in [-0.39, 0.29) is 18.5 Å². The van der Waals surface area contributed by atoms with Crippen LogP contribution in [0.4, 0.5) is 0 Å². The summed E-state index contributed by atoms with van der Waals surface area (Å²) in [5, 5.41) is 23.1. The molecule has 6 nitrogen and oxygen atoms in total. The van der Waals surface area contributed by atoms with E-state index in [2.05, 4.69) is 19.2 Å². The molecule has 0 radical (unpaired) electrons. The molecule has 0 rings (SSSR count). The second kappa shape index (κ2) is 54.2. The first-order valence-corrected chi connectivity index (χ1v) is 29.0. The minimum Gasteiger partial charge on any atom is -0.466 e. The molecular formula is C58H113NO5. The molecule has 380 valence electrons. The molecule has 0 spiro atoms. The highest BCUT2D eigenvalue weighted by molar-refractivity contribution is 5.76. The first-order chi connectivity index (χ1) is 31.5. The molecule has 0 saturated heterocycles. The lowest BCUT2D eigenvalue weighted by Crippen LogP contribution is -2.45. The van der Waals surface area contributed by atoms with Gasteiger partial charge in [0.1, 0.15) is 0 Å². The fourth-order valence-corrected chi connectivity index (χ4v) is 9.11. The van der Waals surface area contributed by atoms with Crippen LogP contribution in [0.2, 0.25) is 0 Å². The molecule has 0 saturated carbocycles. The Bertz CT molecular complexity index is 955. The number of allylic oxidation sites excluding steroid dienone is 1. The van der Waals surface area contributed by atoms with Gasteiger partial charge in [0.25, 0.3) is 0 Å². The Kier molecular flexibility index (Phi) is 53.0. The Morgan fingerprint density at radius 2 is 0.719 bits per heavy atom. The summed E-state index contributed by atoms with van der Waals surface area (Å²) in [6.45, 7) is 4.91. The number of unbranched alkanes of at least 4 members (excludes halogenated alkanes) is 43. The van der Waals surface area contributed by atoms with E-state index in [1.54, 1.807) is 6.08 Å². The van der Waals surface area contributed by atoms with Crippen molar-refractivity contribution in [3.63, 3.8) is 0 Å². The second-order valence-electron chi connectivity index (χ2n) is 20.0. The molecule has 2 atom stereocenters. The third-order valence-corrected chi connectivity index (χ3v) is 13.6. The van der Waals surface area contributed by atoms with Crippen LogP contribution in [0, 0.1) is 0 Å². The lowest BCUT2D eigenvalue weighted by atomic mass is 10.0. The van der Waals surface area contributed by atoms with Gasteiger partial charge in [-0.25, -0.2) is 0 Å².